The molecule has 0 amide bonds. The van der Waals surface area contributed by atoms with Crippen LogP contribution < -0.4 is 11.3 Å². The summed E-state index contributed by atoms with van der Waals surface area (Å²) in [5.41, 5.74) is 4.75. The number of methoxy groups -OCH3 is 1. The van der Waals surface area contributed by atoms with Gasteiger partial charge in [0, 0.05) is 7.11 Å². The molecule has 3 heterocycles. The van der Waals surface area contributed by atoms with Crippen LogP contribution in [-0.4, -0.2) is 90.9 Å². The summed E-state index contributed by atoms with van der Waals surface area (Å²) in [6.07, 6.45) is -7.90. The van der Waals surface area contributed by atoms with E-state index < -0.39 is 48.5 Å². The zero-order valence-corrected chi connectivity index (χ0v) is 15.7. The largest absolute Gasteiger partial charge is 0.387 e. The lowest BCUT2D eigenvalue weighted by molar-refractivity contribution is -0.316. The maximum Gasteiger partial charge on any atom is 0.280 e. The van der Waals surface area contributed by atoms with Crippen LogP contribution in [0.2, 0.25) is 0 Å². The third kappa shape index (κ3) is 4.35. The van der Waals surface area contributed by atoms with Crippen molar-refractivity contribution >= 4 is 17.1 Å². The summed E-state index contributed by atoms with van der Waals surface area (Å²) < 4.78 is 15.9. The van der Waals surface area contributed by atoms with Crippen LogP contribution in [0.3, 0.4) is 0 Å². The van der Waals surface area contributed by atoms with Crippen LogP contribution in [0, 0.1) is 0 Å². The van der Waals surface area contributed by atoms with Crippen molar-refractivity contribution in [3.8, 4) is 0 Å². The fourth-order valence-electron chi connectivity index (χ4n) is 2.95. The third-order valence-electron chi connectivity index (χ3n) is 4.55. The molecule has 1 aliphatic heterocycles. The maximum absolute atomic E-state index is 12.0. The number of aromatic amines is 1. The smallest absolute Gasteiger partial charge is 0.280 e. The van der Waals surface area contributed by atoms with E-state index in [1.807, 2.05) is 0 Å². The van der Waals surface area contributed by atoms with Crippen molar-refractivity contribution in [3.05, 3.63) is 22.2 Å². The monoisotopic (exact) mass is 413 g/mol. The van der Waals surface area contributed by atoms with Crippen molar-refractivity contribution in [3.63, 3.8) is 0 Å². The summed E-state index contributed by atoms with van der Waals surface area (Å²) in [6, 6.07) is 0. The lowest BCUT2D eigenvalue weighted by Crippen LogP contribution is -2.59. The van der Waals surface area contributed by atoms with Crippen molar-refractivity contribution in [2.45, 2.75) is 49.8 Å². The lowest BCUT2D eigenvalue weighted by atomic mass is 9.99. The number of rotatable bonds is 6. The average Bonchev–Trinajstić information content (AvgIpc) is 2.69. The molecule has 7 unspecified atom stereocenters. The molecule has 160 valence electrons. The van der Waals surface area contributed by atoms with Crippen molar-refractivity contribution in [1.29, 1.82) is 0 Å². The summed E-state index contributed by atoms with van der Waals surface area (Å²) in [6.45, 7) is 1.43. The van der Waals surface area contributed by atoms with Crippen LogP contribution in [0.4, 0.5) is 5.95 Å². The predicted octanol–water partition coefficient (Wildman–Crippen LogP) is -2.81. The minimum atomic E-state index is -1.56. The number of aliphatic hydroxyl groups is 4. The van der Waals surface area contributed by atoms with Gasteiger partial charge in [-0.1, -0.05) is 0 Å². The molecule has 0 bridgehead atoms. The van der Waals surface area contributed by atoms with E-state index in [0.29, 0.717) is 0 Å². The van der Waals surface area contributed by atoms with E-state index in [1.54, 1.807) is 0 Å². The van der Waals surface area contributed by atoms with Gasteiger partial charge in [-0.05, 0) is 6.92 Å². The van der Waals surface area contributed by atoms with Gasteiger partial charge in [-0.3, -0.25) is 9.78 Å². The Morgan fingerprint density at radius 1 is 1.28 bits per heavy atom. The number of aliphatic hydroxyl groups excluding tert-OH is 4. The Bertz CT molecular complexity index is 910. The first kappa shape index (κ1) is 21.4. The van der Waals surface area contributed by atoms with Gasteiger partial charge in [0.1, 0.15) is 30.5 Å². The molecule has 0 aromatic carbocycles. The molecule has 1 aliphatic rings. The Labute approximate surface area is 164 Å². The number of H-pyrrole nitrogens is 1. The summed E-state index contributed by atoms with van der Waals surface area (Å²) in [4.78, 5) is 26.1. The van der Waals surface area contributed by atoms with Gasteiger partial charge >= 0.3 is 0 Å². The number of nitrogens with one attached hydrogen (secondary N) is 1. The van der Waals surface area contributed by atoms with E-state index >= 15 is 0 Å². The number of nitrogen functional groups attached to an aromatic ring is 1. The Hall–Kier alpha value is -2.26. The van der Waals surface area contributed by atoms with Gasteiger partial charge in [-0.2, -0.15) is 4.98 Å². The molecule has 0 spiro atoms. The zero-order valence-electron chi connectivity index (χ0n) is 15.7. The van der Waals surface area contributed by atoms with E-state index in [1.165, 1.54) is 20.2 Å². The first-order valence-corrected chi connectivity index (χ1v) is 8.77. The SMILES string of the molecule is COCC1OC(OC(C)C(O)c2cnc3nc(N)[nH]c(=O)c3n2)C(O)C(O)C1O. The number of ether oxygens (including phenoxy) is 3. The zero-order chi connectivity index (χ0) is 21.3. The van der Waals surface area contributed by atoms with Gasteiger partial charge < -0.3 is 40.4 Å². The topological polar surface area (TPSA) is 206 Å². The second-order valence-corrected chi connectivity index (χ2v) is 6.67. The maximum atomic E-state index is 12.0. The molecule has 0 saturated carbocycles. The van der Waals surface area contributed by atoms with E-state index in [9.17, 15) is 25.2 Å². The van der Waals surface area contributed by atoms with Crippen molar-refractivity contribution < 1.29 is 34.6 Å². The second-order valence-electron chi connectivity index (χ2n) is 6.67. The van der Waals surface area contributed by atoms with E-state index in [0.717, 1.165) is 0 Å². The minimum absolute atomic E-state index is 0.0151. The number of nitrogens with two attached hydrogens (primary N) is 1. The second kappa shape index (κ2) is 8.62. The molecule has 13 heteroatoms. The molecule has 7 N–H and O–H groups in total. The lowest BCUT2D eigenvalue weighted by Gasteiger charge is -2.41. The molecule has 0 radical (unpaired) electrons. The standard InChI is InChI=1S/C16H23N5O8/c1-5(28-15-12(25)11(24)10(23)7(29-15)4-27-2)9(22)6-3-18-13-8(19-6)14(26)21-16(17)20-13/h3,5,7,9-12,15,22-25H,4H2,1-2H3,(H3,17,18,20,21,26). The third-order valence-corrected chi connectivity index (χ3v) is 4.55. The molecule has 2 aromatic heterocycles. The molecule has 3 rings (SSSR count). The highest BCUT2D eigenvalue weighted by Gasteiger charge is 2.45. The Morgan fingerprint density at radius 3 is 2.69 bits per heavy atom. The molecule has 0 aliphatic carbocycles. The number of fused-ring (bicyclic) bond motifs is 1. The van der Waals surface area contributed by atoms with Crippen LogP contribution in [-0.2, 0) is 14.2 Å². The highest BCUT2D eigenvalue weighted by molar-refractivity contribution is 5.69. The Kier molecular flexibility index (Phi) is 6.38. The van der Waals surface area contributed by atoms with Gasteiger partial charge in [0.15, 0.2) is 17.5 Å². The molecule has 1 fully saturated rings. The summed E-state index contributed by atoms with van der Waals surface area (Å²) in [5.74, 6) is -0.114. The minimum Gasteiger partial charge on any atom is -0.387 e. The van der Waals surface area contributed by atoms with Crippen LogP contribution in [0.15, 0.2) is 11.0 Å². The normalized spacial score (nSPS) is 29.7. The average molecular weight is 413 g/mol. The fourth-order valence-corrected chi connectivity index (χ4v) is 2.95. The van der Waals surface area contributed by atoms with E-state index in [4.69, 9.17) is 19.9 Å². The quantitative estimate of drug-likeness (QED) is 0.284. The molecular formula is C16H23N5O8. The van der Waals surface area contributed by atoms with Crippen molar-refractivity contribution in [2.75, 3.05) is 19.5 Å². The number of anilines is 1. The molecular weight excluding hydrogens is 390 g/mol. The first-order chi connectivity index (χ1) is 13.7. The van der Waals surface area contributed by atoms with Crippen LogP contribution in [0.1, 0.15) is 18.7 Å². The molecule has 2 aromatic rings. The number of aromatic nitrogens is 4. The molecule has 29 heavy (non-hydrogen) atoms. The summed E-state index contributed by atoms with van der Waals surface area (Å²) >= 11 is 0. The number of hydrogen-bond donors (Lipinski definition) is 6. The van der Waals surface area contributed by atoms with Gasteiger partial charge in [0.05, 0.1) is 24.6 Å². The van der Waals surface area contributed by atoms with Crippen LogP contribution >= 0.6 is 0 Å². The van der Waals surface area contributed by atoms with E-state index in [2.05, 4.69) is 19.9 Å². The Balaban J connectivity index is 1.77. The highest BCUT2D eigenvalue weighted by Crippen LogP contribution is 2.26. The summed E-state index contributed by atoms with van der Waals surface area (Å²) in [7, 11) is 1.39. The van der Waals surface area contributed by atoms with Crippen LogP contribution in [0.5, 0.6) is 0 Å². The molecule has 7 atom stereocenters. The van der Waals surface area contributed by atoms with Gasteiger partial charge in [0.25, 0.3) is 5.56 Å². The van der Waals surface area contributed by atoms with Crippen molar-refractivity contribution in [2.24, 2.45) is 0 Å². The van der Waals surface area contributed by atoms with Crippen LogP contribution in [0.25, 0.3) is 11.2 Å². The van der Waals surface area contributed by atoms with Crippen molar-refractivity contribution in [1.82, 2.24) is 19.9 Å². The number of nitrogens with zero attached hydrogens (tertiary/aromatic N) is 3. The van der Waals surface area contributed by atoms with Gasteiger partial charge in [-0.25, -0.2) is 9.97 Å². The molecule has 1 saturated heterocycles. The highest BCUT2D eigenvalue weighted by atomic mass is 16.7. The fraction of sp³-hybridized carbons (Fsp3) is 0.625. The first-order valence-electron chi connectivity index (χ1n) is 8.77. The number of hydrogen-bond acceptors (Lipinski definition) is 12. The molecule has 13 nitrogen and oxygen atoms in total. The van der Waals surface area contributed by atoms with E-state index in [-0.39, 0.29) is 29.4 Å². The Morgan fingerprint density at radius 2 is 2.00 bits per heavy atom. The van der Waals surface area contributed by atoms with Gasteiger partial charge in [0.2, 0.25) is 5.95 Å². The van der Waals surface area contributed by atoms with Gasteiger partial charge in [-0.15, -0.1) is 0 Å². The predicted molar refractivity (Wildman–Crippen MR) is 96.4 cm³/mol. The summed E-state index contributed by atoms with van der Waals surface area (Å²) in [5, 5.41) is 40.6.